The zero-order chi connectivity index (χ0) is 12.1. The van der Waals surface area contributed by atoms with Gasteiger partial charge >= 0.3 is 0 Å². The fraction of sp³-hybridized carbons (Fsp3) is 0.417. The Labute approximate surface area is 103 Å². The summed E-state index contributed by atoms with van der Waals surface area (Å²) in [6.45, 7) is 1.89. The standard InChI is InChI=1S/C12H14BrFO2/c1-3-12(16-2)11(15)6-8-4-5-9(14)7-10(8)13/h4-5,7,12H,3,6H2,1-2H3. The van der Waals surface area contributed by atoms with E-state index in [1.165, 1.54) is 19.2 Å². The maximum atomic E-state index is 12.8. The summed E-state index contributed by atoms with van der Waals surface area (Å²) in [6, 6.07) is 4.32. The van der Waals surface area contributed by atoms with E-state index in [1.807, 2.05) is 6.92 Å². The van der Waals surface area contributed by atoms with Gasteiger partial charge in [-0.15, -0.1) is 0 Å². The van der Waals surface area contributed by atoms with Crippen LogP contribution in [0.25, 0.3) is 0 Å². The summed E-state index contributed by atoms with van der Waals surface area (Å²) in [4.78, 5) is 11.8. The Morgan fingerprint density at radius 3 is 2.75 bits per heavy atom. The first kappa shape index (κ1) is 13.3. The zero-order valence-electron chi connectivity index (χ0n) is 9.30. The van der Waals surface area contributed by atoms with E-state index in [1.54, 1.807) is 6.07 Å². The highest BCUT2D eigenvalue weighted by atomic mass is 79.9. The van der Waals surface area contributed by atoms with E-state index in [0.29, 0.717) is 10.9 Å². The number of ether oxygens (including phenoxy) is 1. The van der Waals surface area contributed by atoms with Gasteiger partial charge in [-0.05, 0) is 24.1 Å². The molecule has 1 aromatic rings. The summed E-state index contributed by atoms with van der Waals surface area (Å²) in [5.41, 5.74) is 0.780. The molecule has 2 nitrogen and oxygen atoms in total. The lowest BCUT2D eigenvalue weighted by atomic mass is 10.0. The van der Waals surface area contributed by atoms with Gasteiger partial charge < -0.3 is 4.74 Å². The van der Waals surface area contributed by atoms with Crippen molar-refractivity contribution in [3.8, 4) is 0 Å². The van der Waals surface area contributed by atoms with Crippen molar-refractivity contribution in [2.75, 3.05) is 7.11 Å². The lowest BCUT2D eigenvalue weighted by molar-refractivity contribution is -0.128. The highest BCUT2D eigenvalue weighted by molar-refractivity contribution is 9.10. The predicted molar refractivity (Wildman–Crippen MR) is 63.9 cm³/mol. The molecule has 0 radical (unpaired) electrons. The van der Waals surface area contributed by atoms with Crippen molar-refractivity contribution in [2.45, 2.75) is 25.9 Å². The fourth-order valence-electron chi connectivity index (χ4n) is 1.49. The fourth-order valence-corrected chi connectivity index (χ4v) is 1.98. The quantitative estimate of drug-likeness (QED) is 0.832. The maximum absolute atomic E-state index is 12.8. The molecule has 0 aromatic heterocycles. The molecule has 0 N–H and O–H groups in total. The number of carbonyl (C=O) groups excluding carboxylic acids is 1. The van der Waals surface area contributed by atoms with Crippen LogP contribution < -0.4 is 0 Å². The smallest absolute Gasteiger partial charge is 0.165 e. The van der Waals surface area contributed by atoms with Gasteiger partial charge in [-0.2, -0.15) is 0 Å². The molecule has 0 spiro atoms. The summed E-state index contributed by atoms with van der Waals surface area (Å²) < 4.78 is 18.5. The molecule has 0 amide bonds. The van der Waals surface area contributed by atoms with Crippen LogP contribution in [0.4, 0.5) is 4.39 Å². The normalized spacial score (nSPS) is 12.5. The van der Waals surface area contributed by atoms with E-state index in [2.05, 4.69) is 15.9 Å². The molecule has 88 valence electrons. The molecular formula is C12H14BrFO2. The van der Waals surface area contributed by atoms with Gasteiger partial charge in [0.1, 0.15) is 11.9 Å². The molecule has 1 rings (SSSR count). The van der Waals surface area contributed by atoms with E-state index < -0.39 is 0 Å². The number of hydrogen-bond acceptors (Lipinski definition) is 2. The minimum atomic E-state index is -0.378. The molecule has 0 fully saturated rings. The number of Topliss-reactive ketones (excluding diaryl/α,β-unsaturated/α-hetero) is 1. The van der Waals surface area contributed by atoms with Crippen molar-refractivity contribution in [1.29, 1.82) is 0 Å². The highest BCUT2D eigenvalue weighted by Gasteiger charge is 2.16. The van der Waals surface area contributed by atoms with Crippen LogP contribution in [-0.2, 0) is 16.0 Å². The Morgan fingerprint density at radius 1 is 1.56 bits per heavy atom. The van der Waals surface area contributed by atoms with Crippen LogP contribution in [0.15, 0.2) is 22.7 Å². The van der Waals surface area contributed by atoms with Gasteiger partial charge in [0.15, 0.2) is 5.78 Å². The molecule has 1 atom stereocenters. The second-order valence-corrected chi connectivity index (χ2v) is 4.37. The van der Waals surface area contributed by atoms with Gasteiger partial charge in [-0.3, -0.25) is 4.79 Å². The van der Waals surface area contributed by atoms with E-state index in [9.17, 15) is 9.18 Å². The summed E-state index contributed by atoms with van der Waals surface area (Å²) in [6.07, 6.45) is 0.526. The largest absolute Gasteiger partial charge is 0.374 e. The van der Waals surface area contributed by atoms with Crippen molar-refractivity contribution < 1.29 is 13.9 Å². The summed E-state index contributed by atoms with van der Waals surface area (Å²) >= 11 is 3.24. The Balaban J connectivity index is 2.76. The van der Waals surface area contributed by atoms with Gasteiger partial charge in [-0.25, -0.2) is 4.39 Å². The maximum Gasteiger partial charge on any atom is 0.165 e. The van der Waals surface area contributed by atoms with Crippen LogP contribution in [0.3, 0.4) is 0 Å². The van der Waals surface area contributed by atoms with Gasteiger partial charge in [0.25, 0.3) is 0 Å². The van der Waals surface area contributed by atoms with Gasteiger partial charge in [0.05, 0.1) is 0 Å². The zero-order valence-corrected chi connectivity index (χ0v) is 10.9. The van der Waals surface area contributed by atoms with Gasteiger partial charge in [-0.1, -0.05) is 28.9 Å². The molecule has 0 saturated heterocycles. The highest BCUT2D eigenvalue weighted by Crippen LogP contribution is 2.19. The molecule has 0 heterocycles. The van der Waals surface area contributed by atoms with Crippen molar-refractivity contribution in [3.05, 3.63) is 34.1 Å². The molecule has 16 heavy (non-hydrogen) atoms. The molecular weight excluding hydrogens is 275 g/mol. The number of carbonyl (C=O) groups is 1. The Hall–Kier alpha value is -0.740. The molecule has 0 aliphatic rings. The van der Waals surface area contributed by atoms with E-state index >= 15 is 0 Å². The summed E-state index contributed by atoms with van der Waals surface area (Å²) in [5.74, 6) is -0.306. The number of halogens is 2. The molecule has 1 aromatic carbocycles. The Bertz CT molecular complexity index is 375. The number of hydrogen-bond donors (Lipinski definition) is 0. The first-order valence-electron chi connectivity index (χ1n) is 5.08. The number of ketones is 1. The van der Waals surface area contributed by atoms with Crippen molar-refractivity contribution in [2.24, 2.45) is 0 Å². The van der Waals surface area contributed by atoms with Gasteiger partial charge in [0.2, 0.25) is 0 Å². The third kappa shape index (κ3) is 3.39. The van der Waals surface area contributed by atoms with Crippen molar-refractivity contribution in [3.63, 3.8) is 0 Å². The molecule has 1 unspecified atom stereocenters. The summed E-state index contributed by atoms with van der Waals surface area (Å²) in [5, 5.41) is 0. The third-order valence-electron chi connectivity index (χ3n) is 2.39. The second-order valence-electron chi connectivity index (χ2n) is 3.51. The topological polar surface area (TPSA) is 26.3 Å². The average molecular weight is 289 g/mol. The SMILES string of the molecule is CCC(OC)C(=O)Cc1ccc(F)cc1Br. The first-order valence-corrected chi connectivity index (χ1v) is 5.87. The Kier molecular flexibility index (Phi) is 5.09. The van der Waals surface area contributed by atoms with Gasteiger partial charge in [0, 0.05) is 18.0 Å². The monoisotopic (exact) mass is 288 g/mol. The second kappa shape index (κ2) is 6.11. The molecule has 0 saturated carbocycles. The van der Waals surface area contributed by atoms with Crippen molar-refractivity contribution in [1.82, 2.24) is 0 Å². The predicted octanol–water partition coefficient (Wildman–Crippen LogP) is 3.12. The minimum Gasteiger partial charge on any atom is -0.374 e. The number of methoxy groups -OCH3 is 1. The van der Waals surface area contributed by atoms with Crippen LogP contribution in [-0.4, -0.2) is 19.0 Å². The molecule has 4 heteroatoms. The minimum absolute atomic E-state index is 0.0114. The summed E-state index contributed by atoms with van der Waals surface area (Å²) in [7, 11) is 1.52. The van der Waals surface area contributed by atoms with Crippen LogP contribution in [0.1, 0.15) is 18.9 Å². The van der Waals surface area contributed by atoms with Crippen LogP contribution in [0.2, 0.25) is 0 Å². The molecule has 0 bridgehead atoms. The number of rotatable bonds is 5. The van der Waals surface area contributed by atoms with Crippen LogP contribution in [0.5, 0.6) is 0 Å². The van der Waals surface area contributed by atoms with Crippen LogP contribution in [0, 0.1) is 5.82 Å². The van der Waals surface area contributed by atoms with E-state index in [-0.39, 0.29) is 24.1 Å². The lowest BCUT2D eigenvalue weighted by Crippen LogP contribution is -2.23. The third-order valence-corrected chi connectivity index (χ3v) is 3.13. The average Bonchev–Trinajstić information content (AvgIpc) is 2.24. The lowest BCUT2D eigenvalue weighted by Gasteiger charge is -2.12. The van der Waals surface area contributed by atoms with Crippen molar-refractivity contribution >= 4 is 21.7 Å². The molecule has 0 aliphatic heterocycles. The molecule has 0 aliphatic carbocycles. The first-order chi connectivity index (χ1) is 7.58. The van der Waals surface area contributed by atoms with E-state index in [4.69, 9.17) is 4.74 Å². The number of benzene rings is 1. The Morgan fingerprint density at radius 2 is 2.25 bits per heavy atom. The van der Waals surface area contributed by atoms with Crippen LogP contribution >= 0.6 is 15.9 Å². The van der Waals surface area contributed by atoms with E-state index in [0.717, 1.165) is 5.56 Å².